The van der Waals surface area contributed by atoms with E-state index < -0.39 is 0 Å². The van der Waals surface area contributed by atoms with E-state index in [1.54, 1.807) is 0 Å². The molecule has 0 unspecified atom stereocenters. The topological polar surface area (TPSA) is 49.4 Å². The first kappa shape index (κ1) is 18.2. The lowest BCUT2D eigenvalue weighted by atomic mass is 9.83. The van der Waals surface area contributed by atoms with E-state index in [1.807, 2.05) is 79.4 Å². The maximum atomic E-state index is 13.2. The average molecular weight is 350 g/mol. The molecule has 1 N–H and O–H groups in total. The Kier molecular flexibility index (Phi) is 5.71. The van der Waals surface area contributed by atoms with Gasteiger partial charge in [-0.3, -0.25) is 9.59 Å². The first-order chi connectivity index (χ1) is 12.6. The van der Waals surface area contributed by atoms with Crippen molar-refractivity contribution >= 4 is 11.8 Å². The minimum Gasteiger partial charge on any atom is -0.354 e. The van der Waals surface area contributed by atoms with Gasteiger partial charge in [-0.2, -0.15) is 0 Å². The van der Waals surface area contributed by atoms with Gasteiger partial charge in [0.05, 0.1) is 12.0 Å². The lowest BCUT2D eigenvalue weighted by molar-refractivity contribution is -0.128. The largest absolute Gasteiger partial charge is 0.354 e. The molecular weight excluding hydrogens is 324 g/mol. The Morgan fingerprint density at radius 2 is 1.62 bits per heavy atom. The van der Waals surface area contributed by atoms with Crippen molar-refractivity contribution in [3.05, 3.63) is 71.8 Å². The molecule has 0 spiro atoms. The summed E-state index contributed by atoms with van der Waals surface area (Å²) in [5.41, 5.74) is 1.68. The van der Waals surface area contributed by atoms with Gasteiger partial charge in [0.2, 0.25) is 5.91 Å². The van der Waals surface area contributed by atoms with Crippen LogP contribution in [0.2, 0.25) is 0 Å². The summed E-state index contributed by atoms with van der Waals surface area (Å²) in [6.07, 6.45) is 1.62. The van der Waals surface area contributed by atoms with Crippen LogP contribution in [0.25, 0.3) is 0 Å². The van der Waals surface area contributed by atoms with Gasteiger partial charge >= 0.3 is 0 Å². The monoisotopic (exact) mass is 350 g/mol. The van der Waals surface area contributed by atoms with E-state index in [0.29, 0.717) is 12.1 Å². The number of carbonyl (C=O) groups excluding carboxylic acids is 2. The van der Waals surface area contributed by atoms with Crippen molar-refractivity contribution in [3.8, 4) is 0 Å². The Labute approximate surface area is 155 Å². The van der Waals surface area contributed by atoms with E-state index in [-0.39, 0.29) is 29.8 Å². The summed E-state index contributed by atoms with van der Waals surface area (Å²) in [7, 11) is 0. The fourth-order valence-corrected chi connectivity index (χ4v) is 3.70. The summed E-state index contributed by atoms with van der Waals surface area (Å²) < 4.78 is 0. The van der Waals surface area contributed by atoms with Crippen molar-refractivity contribution in [2.24, 2.45) is 5.92 Å². The minimum atomic E-state index is -0.239. The number of benzene rings is 2. The second kappa shape index (κ2) is 8.17. The van der Waals surface area contributed by atoms with Crippen LogP contribution in [-0.4, -0.2) is 29.3 Å². The average Bonchev–Trinajstić information content (AvgIpc) is 2.67. The molecule has 3 rings (SSSR count). The Morgan fingerprint density at radius 3 is 2.23 bits per heavy atom. The number of likely N-dealkylation sites (tertiary alicyclic amines) is 1. The molecule has 26 heavy (non-hydrogen) atoms. The van der Waals surface area contributed by atoms with Crippen LogP contribution in [-0.2, 0) is 4.79 Å². The molecule has 0 saturated carbocycles. The van der Waals surface area contributed by atoms with Gasteiger partial charge in [0.1, 0.15) is 0 Å². The molecule has 2 atom stereocenters. The molecule has 0 aromatic heterocycles. The molecule has 0 aliphatic carbocycles. The molecule has 4 nitrogen and oxygen atoms in total. The summed E-state index contributed by atoms with van der Waals surface area (Å²) in [6.45, 7) is 4.59. The minimum absolute atomic E-state index is 0.0125. The fourth-order valence-electron chi connectivity index (χ4n) is 3.70. The van der Waals surface area contributed by atoms with E-state index in [0.717, 1.165) is 18.4 Å². The number of hydrogen-bond acceptors (Lipinski definition) is 2. The van der Waals surface area contributed by atoms with Crippen molar-refractivity contribution in [1.29, 1.82) is 0 Å². The SMILES string of the molecule is CC(C)NC(=O)[C@H]1CCCN(C(=O)c2ccccc2)[C@H]1c1ccccc1. The van der Waals surface area contributed by atoms with E-state index in [4.69, 9.17) is 0 Å². The maximum absolute atomic E-state index is 13.2. The molecule has 0 bridgehead atoms. The fraction of sp³-hybridized carbons (Fsp3) is 0.364. The first-order valence-corrected chi connectivity index (χ1v) is 9.29. The molecule has 1 saturated heterocycles. The molecule has 2 aromatic rings. The Morgan fingerprint density at radius 1 is 1.00 bits per heavy atom. The predicted octanol–water partition coefficient (Wildman–Crippen LogP) is 3.80. The second-order valence-electron chi connectivity index (χ2n) is 7.13. The summed E-state index contributed by atoms with van der Waals surface area (Å²) in [4.78, 5) is 27.9. The molecule has 1 aliphatic heterocycles. The smallest absolute Gasteiger partial charge is 0.254 e. The number of carbonyl (C=O) groups is 2. The van der Waals surface area contributed by atoms with Gasteiger partial charge in [-0.25, -0.2) is 0 Å². The maximum Gasteiger partial charge on any atom is 0.254 e. The van der Waals surface area contributed by atoms with Crippen LogP contribution in [0.5, 0.6) is 0 Å². The van der Waals surface area contributed by atoms with Gasteiger partial charge in [-0.15, -0.1) is 0 Å². The number of hydrogen-bond donors (Lipinski definition) is 1. The lowest BCUT2D eigenvalue weighted by Crippen LogP contribution is -2.48. The first-order valence-electron chi connectivity index (χ1n) is 9.29. The molecule has 1 aliphatic rings. The van der Waals surface area contributed by atoms with Crippen LogP contribution in [0.3, 0.4) is 0 Å². The summed E-state index contributed by atoms with van der Waals surface area (Å²) >= 11 is 0. The Balaban J connectivity index is 1.96. The number of amides is 2. The zero-order valence-electron chi connectivity index (χ0n) is 15.4. The van der Waals surface area contributed by atoms with Crippen LogP contribution >= 0.6 is 0 Å². The van der Waals surface area contributed by atoms with Gasteiger partial charge < -0.3 is 10.2 Å². The zero-order chi connectivity index (χ0) is 18.5. The van der Waals surface area contributed by atoms with Crippen molar-refractivity contribution < 1.29 is 9.59 Å². The molecule has 1 fully saturated rings. The molecule has 4 heteroatoms. The standard InChI is InChI=1S/C22H26N2O2/c1-16(2)23-21(25)19-14-9-15-24(20(19)17-10-5-3-6-11-17)22(26)18-12-7-4-8-13-18/h3-8,10-13,16,19-20H,9,14-15H2,1-2H3,(H,23,25)/t19-,20-/m0/s1. The Bertz CT molecular complexity index is 743. The third-order valence-electron chi connectivity index (χ3n) is 4.82. The van der Waals surface area contributed by atoms with Crippen LogP contribution in [0.1, 0.15) is 48.7 Å². The van der Waals surface area contributed by atoms with Crippen molar-refractivity contribution in [2.45, 2.75) is 38.8 Å². The van der Waals surface area contributed by atoms with Crippen molar-refractivity contribution in [1.82, 2.24) is 10.2 Å². The molecule has 2 aromatic carbocycles. The molecule has 0 radical (unpaired) electrons. The van der Waals surface area contributed by atoms with Crippen LogP contribution < -0.4 is 5.32 Å². The van der Waals surface area contributed by atoms with E-state index in [9.17, 15) is 9.59 Å². The zero-order valence-corrected chi connectivity index (χ0v) is 15.4. The summed E-state index contributed by atoms with van der Waals surface area (Å²) in [5.74, 6) is -0.220. The summed E-state index contributed by atoms with van der Waals surface area (Å²) in [6, 6.07) is 19.1. The molecule has 2 amide bonds. The highest BCUT2D eigenvalue weighted by Crippen LogP contribution is 2.37. The second-order valence-corrected chi connectivity index (χ2v) is 7.13. The highest BCUT2D eigenvalue weighted by atomic mass is 16.2. The quantitative estimate of drug-likeness (QED) is 0.912. The molecule has 136 valence electrons. The number of nitrogens with one attached hydrogen (secondary N) is 1. The number of nitrogens with zero attached hydrogens (tertiary/aromatic N) is 1. The van der Waals surface area contributed by atoms with Crippen molar-refractivity contribution in [2.75, 3.05) is 6.54 Å². The highest BCUT2D eigenvalue weighted by Gasteiger charge is 2.39. The van der Waals surface area contributed by atoms with E-state index >= 15 is 0 Å². The van der Waals surface area contributed by atoms with Crippen LogP contribution in [0.15, 0.2) is 60.7 Å². The van der Waals surface area contributed by atoms with Gasteiger partial charge in [0.15, 0.2) is 0 Å². The highest BCUT2D eigenvalue weighted by molar-refractivity contribution is 5.95. The van der Waals surface area contributed by atoms with Crippen LogP contribution in [0, 0.1) is 5.92 Å². The van der Waals surface area contributed by atoms with Gasteiger partial charge in [-0.05, 0) is 44.4 Å². The Hall–Kier alpha value is -2.62. The van der Waals surface area contributed by atoms with Gasteiger partial charge in [-0.1, -0.05) is 48.5 Å². The number of rotatable bonds is 4. The molecular formula is C22H26N2O2. The number of piperidine rings is 1. The lowest BCUT2D eigenvalue weighted by Gasteiger charge is -2.41. The van der Waals surface area contributed by atoms with Gasteiger partial charge in [0, 0.05) is 18.2 Å². The van der Waals surface area contributed by atoms with E-state index in [2.05, 4.69) is 5.32 Å². The van der Waals surface area contributed by atoms with Crippen LogP contribution in [0.4, 0.5) is 0 Å². The third-order valence-corrected chi connectivity index (χ3v) is 4.82. The third kappa shape index (κ3) is 3.96. The van der Waals surface area contributed by atoms with E-state index in [1.165, 1.54) is 0 Å². The normalized spacial score (nSPS) is 20.0. The molecule has 1 heterocycles. The van der Waals surface area contributed by atoms with Gasteiger partial charge in [0.25, 0.3) is 5.91 Å². The van der Waals surface area contributed by atoms with Crippen molar-refractivity contribution in [3.63, 3.8) is 0 Å². The predicted molar refractivity (Wildman–Crippen MR) is 103 cm³/mol. The summed E-state index contributed by atoms with van der Waals surface area (Å²) in [5, 5.41) is 3.03.